The van der Waals surface area contributed by atoms with Gasteiger partial charge in [-0.05, 0) is 54.1 Å². The van der Waals surface area contributed by atoms with Crippen molar-refractivity contribution in [1.29, 1.82) is 0 Å². The van der Waals surface area contributed by atoms with Crippen LogP contribution < -0.4 is 9.64 Å². The first-order chi connectivity index (χ1) is 16.5. The lowest BCUT2D eigenvalue weighted by atomic mass is 10.1. The van der Waals surface area contributed by atoms with Gasteiger partial charge < -0.3 is 14.6 Å². The predicted molar refractivity (Wildman–Crippen MR) is 139 cm³/mol. The van der Waals surface area contributed by atoms with Crippen molar-refractivity contribution in [2.75, 3.05) is 19.0 Å². The number of imidazole rings is 1. The molecule has 0 radical (unpaired) electrons. The fraction of sp³-hybridized carbons (Fsp3) is 0.143. The highest BCUT2D eigenvalue weighted by Gasteiger charge is 2.11. The Morgan fingerprint density at radius 2 is 1.74 bits per heavy atom. The molecule has 2 aromatic heterocycles. The number of pyridine rings is 1. The topological polar surface area (TPSA) is 54.0 Å². The van der Waals surface area contributed by atoms with Crippen LogP contribution in [0.1, 0.15) is 16.8 Å². The number of rotatable bonds is 7. The van der Waals surface area contributed by atoms with Crippen LogP contribution in [0.2, 0.25) is 5.02 Å². The summed E-state index contributed by atoms with van der Waals surface area (Å²) >= 11 is 6.31. The Labute approximate surface area is 204 Å². The first-order valence-electron chi connectivity index (χ1n) is 11.1. The van der Waals surface area contributed by atoms with Crippen LogP contribution in [0, 0.1) is 0 Å². The van der Waals surface area contributed by atoms with Gasteiger partial charge >= 0.3 is 0 Å². The van der Waals surface area contributed by atoms with E-state index in [-0.39, 0.29) is 0 Å². The summed E-state index contributed by atoms with van der Waals surface area (Å²) in [7, 11) is 4.05. The quantitative estimate of drug-likeness (QED) is 0.295. The molecule has 0 unspecified atom stereocenters. The van der Waals surface area contributed by atoms with E-state index in [1.807, 2.05) is 74.8 Å². The third kappa shape index (κ3) is 4.90. The zero-order valence-corrected chi connectivity index (χ0v) is 19.9. The van der Waals surface area contributed by atoms with Crippen LogP contribution in [0.15, 0.2) is 84.9 Å². The number of hydrogen-bond acceptors (Lipinski definition) is 4. The molecular formula is C28H25ClN4O. The smallest absolute Gasteiger partial charge is 0.157 e. The second-order valence-electron chi connectivity index (χ2n) is 8.40. The number of ether oxygens (including phenoxy) is 1. The van der Waals surface area contributed by atoms with Crippen molar-refractivity contribution < 1.29 is 4.74 Å². The van der Waals surface area contributed by atoms with Crippen molar-refractivity contribution in [3.05, 3.63) is 107 Å². The normalized spacial score (nSPS) is 11.0. The lowest BCUT2D eigenvalue weighted by Crippen LogP contribution is -2.07. The lowest BCUT2D eigenvalue weighted by Gasteiger charge is -2.12. The molecule has 0 aliphatic rings. The van der Waals surface area contributed by atoms with Crippen molar-refractivity contribution in [1.82, 2.24) is 15.0 Å². The van der Waals surface area contributed by atoms with E-state index in [2.05, 4.69) is 34.1 Å². The standard InChI is InChI=1S/C28H25ClN4O/c1-33(2)23-12-13-24-26(17-23)32-28(31-24)25-10-6-9-22(30-25)16-20-15-21(29)11-14-27(20)34-18-19-7-4-3-5-8-19/h3-15,17H,16,18H2,1-2H3,(H,31,32). The molecule has 0 amide bonds. The summed E-state index contributed by atoms with van der Waals surface area (Å²) in [5.41, 5.74) is 6.85. The van der Waals surface area contributed by atoms with Gasteiger partial charge in [0.1, 0.15) is 18.1 Å². The molecule has 34 heavy (non-hydrogen) atoms. The first kappa shape index (κ1) is 22.0. The van der Waals surface area contributed by atoms with E-state index in [1.165, 1.54) is 0 Å². The molecule has 0 aliphatic heterocycles. The number of H-pyrrole nitrogens is 1. The Kier molecular flexibility index (Phi) is 6.19. The number of hydrogen-bond donors (Lipinski definition) is 1. The van der Waals surface area contributed by atoms with E-state index in [1.54, 1.807) is 0 Å². The molecule has 170 valence electrons. The second-order valence-corrected chi connectivity index (χ2v) is 8.83. The molecule has 0 spiro atoms. The summed E-state index contributed by atoms with van der Waals surface area (Å²) in [5.74, 6) is 1.56. The maximum atomic E-state index is 6.31. The van der Waals surface area contributed by atoms with Crippen LogP contribution in [0.5, 0.6) is 5.75 Å². The van der Waals surface area contributed by atoms with Gasteiger partial charge in [0.15, 0.2) is 5.82 Å². The average Bonchev–Trinajstić information content (AvgIpc) is 3.28. The summed E-state index contributed by atoms with van der Waals surface area (Å²) in [6.07, 6.45) is 0.601. The number of nitrogens with one attached hydrogen (secondary N) is 1. The van der Waals surface area contributed by atoms with Gasteiger partial charge in [-0.1, -0.05) is 48.0 Å². The second kappa shape index (κ2) is 9.57. The summed E-state index contributed by atoms with van der Waals surface area (Å²) in [6.45, 7) is 0.497. The molecule has 0 saturated heterocycles. The van der Waals surface area contributed by atoms with Gasteiger partial charge in [0.25, 0.3) is 0 Å². The molecule has 0 aliphatic carbocycles. The Hall–Kier alpha value is -3.83. The van der Waals surface area contributed by atoms with Gasteiger partial charge in [-0.25, -0.2) is 9.97 Å². The van der Waals surface area contributed by atoms with Gasteiger partial charge in [0.2, 0.25) is 0 Å². The molecule has 2 heterocycles. The minimum atomic E-state index is 0.497. The molecule has 0 bridgehead atoms. The Morgan fingerprint density at radius 3 is 2.56 bits per heavy atom. The van der Waals surface area contributed by atoms with E-state index < -0.39 is 0 Å². The van der Waals surface area contributed by atoms with Crippen molar-refractivity contribution in [2.24, 2.45) is 0 Å². The van der Waals surface area contributed by atoms with Gasteiger partial charge in [0.05, 0.1) is 11.0 Å². The SMILES string of the molecule is CN(C)c1ccc2nc(-c3cccc(Cc4cc(Cl)ccc4OCc4ccccc4)n3)[nH]c2c1. The molecule has 5 aromatic rings. The van der Waals surface area contributed by atoms with Crippen LogP contribution in [-0.2, 0) is 13.0 Å². The number of benzene rings is 3. The van der Waals surface area contributed by atoms with E-state index >= 15 is 0 Å². The summed E-state index contributed by atoms with van der Waals surface area (Å²) in [4.78, 5) is 15.1. The summed E-state index contributed by atoms with van der Waals surface area (Å²) in [6, 6.07) is 28.0. The molecular weight excluding hydrogens is 444 g/mol. The van der Waals surface area contributed by atoms with Crippen LogP contribution >= 0.6 is 11.6 Å². The lowest BCUT2D eigenvalue weighted by molar-refractivity contribution is 0.303. The predicted octanol–water partition coefficient (Wildman–Crippen LogP) is 6.51. The third-order valence-corrected chi connectivity index (χ3v) is 5.90. The van der Waals surface area contributed by atoms with E-state index in [4.69, 9.17) is 26.3 Å². The zero-order valence-electron chi connectivity index (χ0n) is 19.1. The Morgan fingerprint density at radius 1 is 0.882 bits per heavy atom. The molecule has 0 fully saturated rings. The van der Waals surface area contributed by atoms with Crippen LogP contribution in [0.4, 0.5) is 5.69 Å². The molecule has 1 N–H and O–H groups in total. The van der Waals surface area contributed by atoms with Crippen LogP contribution in [-0.4, -0.2) is 29.0 Å². The maximum Gasteiger partial charge on any atom is 0.157 e. The summed E-state index contributed by atoms with van der Waals surface area (Å²) in [5, 5.41) is 0.673. The average molecular weight is 469 g/mol. The highest BCUT2D eigenvalue weighted by atomic mass is 35.5. The fourth-order valence-electron chi connectivity index (χ4n) is 3.86. The van der Waals surface area contributed by atoms with Crippen molar-refractivity contribution in [3.8, 4) is 17.3 Å². The molecule has 5 rings (SSSR count). The van der Waals surface area contributed by atoms with E-state index in [0.717, 1.165) is 50.8 Å². The third-order valence-electron chi connectivity index (χ3n) is 5.66. The number of aromatic amines is 1. The molecule has 3 aromatic carbocycles. The minimum Gasteiger partial charge on any atom is -0.489 e. The molecule has 0 saturated carbocycles. The van der Waals surface area contributed by atoms with E-state index in [0.29, 0.717) is 18.1 Å². The van der Waals surface area contributed by atoms with Crippen LogP contribution in [0.25, 0.3) is 22.6 Å². The highest BCUT2D eigenvalue weighted by Crippen LogP contribution is 2.27. The number of fused-ring (bicyclic) bond motifs is 1. The maximum absolute atomic E-state index is 6.31. The molecule has 0 atom stereocenters. The van der Waals surface area contributed by atoms with Gasteiger partial charge in [-0.15, -0.1) is 0 Å². The number of aromatic nitrogens is 3. The zero-order chi connectivity index (χ0) is 23.5. The van der Waals surface area contributed by atoms with Crippen molar-refractivity contribution in [3.63, 3.8) is 0 Å². The number of halogens is 1. The molecule has 6 heteroatoms. The number of nitrogens with zero attached hydrogens (tertiary/aromatic N) is 3. The van der Waals surface area contributed by atoms with Gasteiger partial charge in [-0.2, -0.15) is 0 Å². The largest absolute Gasteiger partial charge is 0.489 e. The van der Waals surface area contributed by atoms with Crippen molar-refractivity contribution >= 4 is 28.3 Å². The van der Waals surface area contributed by atoms with Gasteiger partial charge in [-0.3, -0.25) is 0 Å². The highest BCUT2D eigenvalue weighted by molar-refractivity contribution is 6.30. The first-order valence-corrected chi connectivity index (χ1v) is 11.5. The van der Waals surface area contributed by atoms with Crippen LogP contribution in [0.3, 0.4) is 0 Å². The number of anilines is 1. The summed E-state index contributed by atoms with van der Waals surface area (Å²) < 4.78 is 6.13. The van der Waals surface area contributed by atoms with E-state index in [9.17, 15) is 0 Å². The van der Waals surface area contributed by atoms with Crippen molar-refractivity contribution in [2.45, 2.75) is 13.0 Å². The van der Waals surface area contributed by atoms with Gasteiger partial charge in [0, 0.05) is 42.5 Å². The monoisotopic (exact) mass is 468 g/mol. The minimum absolute atomic E-state index is 0.497. The fourth-order valence-corrected chi connectivity index (χ4v) is 4.06. The Balaban J connectivity index is 1.40. The Bertz CT molecular complexity index is 1430. The molecule has 5 nitrogen and oxygen atoms in total.